The Bertz CT molecular complexity index is 1450. The van der Waals surface area contributed by atoms with Crippen LogP contribution in [-0.2, 0) is 26.6 Å². The minimum atomic E-state index is -4.57. The van der Waals surface area contributed by atoms with Gasteiger partial charge >= 0.3 is 6.18 Å². The molecule has 3 atom stereocenters. The highest BCUT2D eigenvalue weighted by Gasteiger charge is 2.37. The number of pyridine rings is 1. The number of carbonyl (C=O) groups is 1. The minimum Gasteiger partial charge on any atom is -0.483 e. The molecule has 1 N–H and O–H groups in total. The molecule has 1 fully saturated rings. The molecule has 0 bridgehead atoms. The predicted octanol–water partition coefficient (Wildman–Crippen LogP) is 5.00. The molecule has 0 unspecified atom stereocenters. The van der Waals surface area contributed by atoms with Gasteiger partial charge in [0.05, 0.1) is 17.0 Å². The predicted molar refractivity (Wildman–Crippen MR) is 141 cm³/mol. The molecule has 1 aliphatic rings. The van der Waals surface area contributed by atoms with Gasteiger partial charge in [0.1, 0.15) is 23.1 Å². The van der Waals surface area contributed by atoms with E-state index in [1.54, 1.807) is 14.1 Å². The number of aromatic nitrogens is 3. The summed E-state index contributed by atoms with van der Waals surface area (Å²) >= 11 is 6.22. The smallest absolute Gasteiger partial charge is 0.416 e. The number of ether oxygens (including phenoxy) is 1. The maximum atomic E-state index is 14.5. The number of carboxylic acid groups (broad SMARTS) is 1. The van der Waals surface area contributed by atoms with E-state index in [0.717, 1.165) is 18.2 Å². The number of rotatable bonds is 7. The van der Waals surface area contributed by atoms with Crippen molar-refractivity contribution >= 4 is 27.9 Å². The average Bonchev–Trinajstić information content (AvgIpc) is 2.89. The van der Waals surface area contributed by atoms with E-state index >= 15 is 0 Å². The van der Waals surface area contributed by atoms with Crippen LogP contribution in [0, 0.1) is 5.82 Å². The largest absolute Gasteiger partial charge is 0.483 e. The van der Waals surface area contributed by atoms with Crippen molar-refractivity contribution in [2.75, 3.05) is 14.1 Å². The zero-order valence-electron chi connectivity index (χ0n) is 21.9. The average molecular weight is 619 g/mol. The quantitative estimate of drug-likeness (QED) is 0.221. The summed E-state index contributed by atoms with van der Waals surface area (Å²) in [6.07, 6.45) is -1.15. The Labute approximate surface area is 239 Å². The minimum absolute atomic E-state index is 0.0320. The van der Waals surface area contributed by atoms with Crippen LogP contribution in [0.4, 0.5) is 17.6 Å². The van der Waals surface area contributed by atoms with Crippen molar-refractivity contribution in [1.29, 1.82) is 0 Å². The third-order valence-corrected chi connectivity index (χ3v) is 8.63. The summed E-state index contributed by atoms with van der Waals surface area (Å²) in [6.45, 7) is -0.250. The standard InChI is InChI=1S/C25H25ClF4N4O3S.CH2O2/c1-34(2)20-11-15(18-12-16(25(28,29)30)4-5-19(18)27)3-6-21(20)37-23-8-7-22(24(26)33-23)38(35,36)13-17-9-10-31-14-32-17;2-1-3/h4-5,7-10,12,14-15,20-21H,3,6,11,13H2,1-2H3;1H,(H,2,3)/t15-,20-,21-;/m0./s1. The SMILES string of the molecule is CN(C)[C@H]1C[C@@H](c2cc(C(F)(F)F)ccc2F)CC[C@@H]1Oc1ccc(S(=O)(=O)Cc2ccncn2)c(Cl)n1.O=CO. The second kappa shape index (κ2) is 13.5. The molecule has 3 aromatic rings. The van der Waals surface area contributed by atoms with Crippen LogP contribution in [-0.4, -0.2) is 66.1 Å². The first-order valence-corrected chi connectivity index (χ1v) is 14.2. The van der Waals surface area contributed by atoms with E-state index in [-0.39, 0.29) is 39.8 Å². The van der Waals surface area contributed by atoms with Crippen LogP contribution in [0.5, 0.6) is 5.88 Å². The Hall–Kier alpha value is -3.36. The fraction of sp³-hybridized carbons (Fsp3) is 0.385. The number of halogens is 5. The van der Waals surface area contributed by atoms with Gasteiger partial charge in [0.25, 0.3) is 6.47 Å². The summed E-state index contributed by atoms with van der Waals surface area (Å²) in [5.74, 6) is -1.38. The van der Waals surface area contributed by atoms with Crippen molar-refractivity contribution < 1.29 is 40.6 Å². The zero-order valence-corrected chi connectivity index (χ0v) is 23.5. The van der Waals surface area contributed by atoms with Gasteiger partial charge in [0, 0.05) is 18.3 Å². The Kier molecular flexibility index (Phi) is 10.6. The van der Waals surface area contributed by atoms with Crippen LogP contribution in [0.3, 0.4) is 0 Å². The lowest BCUT2D eigenvalue weighted by Gasteiger charge is -2.39. The topological polar surface area (TPSA) is 123 Å². The van der Waals surface area contributed by atoms with E-state index in [2.05, 4.69) is 15.0 Å². The summed E-state index contributed by atoms with van der Waals surface area (Å²) in [6, 6.07) is 6.42. The van der Waals surface area contributed by atoms with Crippen molar-refractivity contribution in [2.24, 2.45) is 0 Å². The summed E-state index contributed by atoms with van der Waals surface area (Å²) in [4.78, 5) is 21.9. The molecule has 0 radical (unpaired) electrons. The highest BCUT2D eigenvalue weighted by Crippen LogP contribution is 2.40. The first kappa shape index (κ1) is 32.2. The molecule has 1 aromatic carbocycles. The molecule has 9 nitrogen and oxygen atoms in total. The number of sulfone groups is 1. The summed E-state index contributed by atoms with van der Waals surface area (Å²) in [5.41, 5.74) is -0.550. The van der Waals surface area contributed by atoms with Crippen LogP contribution < -0.4 is 4.74 Å². The van der Waals surface area contributed by atoms with Gasteiger partial charge in [0.2, 0.25) is 5.88 Å². The van der Waals surface area contributed by atoms with E-state index in [1.807, 2.05) is 4.90 Å². The number of likely N-dealkylation sites (N-methyl/N-ethyl adjacent to an activating group) is 1. The summed E-state index contributed by atoms with van der Waals surface area (Å²) in [5, 5.41) is 6.64. The molecule has 4 rings (SSSR count). The van der Waals surface area contributed by atoms with Crippen molar-refractivity contribution in [3.8, 4) is 5.88 Å². The van der Waals surface area contributed by atoms with Gasteiger partial charge in [-0.2, -0.15) is 13.2 Å². The van der Waals surface area contributed by atoms with Crippen LogP contribution in [0.25, 0.3) is 0 Å². The highest BCUT2D eigenvalue weighted by molar-refractivity contribution is 7.90. The van der Waals surface area contributed by atoms with E-state index in [1.165, 1.54) is 30.7 Å². The Morgan fingerprint density at radius 2 is 1.88 bits per heavy atom. The first-order valence-electron chi connectivity index (χ1n) is 12.2. The van der Waals surface area contributed by atoms with Gasteiger partial charge in [-0.25, -0.2) is 27.8 Å². The lowest BCUT2D eigenvalue weighted by atomic mass is 9.78. The van der Waals surface area contributed by atoms with Gasteiger partial charge in [-0.05, 0) is 75.2 Å². The molecule has 0 aliphatic heterocycles. The first-order chi connectivity index (χ1) is 19.3. The number of hydrogen-bond acceptors (Lipinski definition) is 8. The summed E-state index contributed by atoms with van der Waals surface area (Å²) in [7, 11) is -0.237. The summed E-state index contributed by atoms with van der Waals surface area (Å²) < 4.78 is 85.9. The molecule has 15 heteroatoms. The number of alkyl halides is 3. The van der Waals surface area contributed by atoms with Crippen molar-refractivity contribution in [3.05, 3.63) is 76.7 Å². The molecule has 0 saturated heterocycles. The molecular weight excluding hydrogens is 592 g/mol. The van der Waals surface area contributed by atoms with Crippen LogP contribution in [0.2, 0.25) is 5.15 Å². The Morgan fingerprint density at radius 3 is 2.46 bits per heavy atom. The maximum absolute atomic E-state index is 14.5. The van der Waals surface area contributed by atoms with Crippen molar-refractivity contribution in [2.45, 2.75) is 54.2 Å². The fourth-order valence-corrected chi connectivity index (χ4v) is 6.44. The van der Waals surface area contributed by atoms with E-state index in [9.17, 15) is 26.0 Å². The van der Waals surface area contributed by atoms with E-state index in [0.29, 0.717) is 25.0 Å². The fourth-order valence-electron chi connectivity index (χ4n) is 4.65. The molecule has 222 valence electrons. The van der Waals surface area contributed by atoms with E-state index in [4.69, 9.17) is 26.2 Å². The van der Waals surface area contributed by atoms with Gasteiger partial charge in [-0.15, -0.1) is 0 Å². The monoisotopic (exact) mass is 618 g/mol. The third kappa shape index (κ3) is 8.33. The van der Waals surface area contributed by atoms with Gasteiger partial charge in [0.15, 0.2) is 15.0 Å². The molecule has 2 heterocycles. The van der Waals surface area contributed by atoms with E-state index < -0.39 is 39.4 Å². The zero-order chi connectivity index (χ0) is 30.4. The number of hydrogen-bond donors (Lipinski definition) is 1. The molecule has 41 heavy (non-hydrogen) atoms. The molecular formula is C26H27ClF4N4O5S. The molecule has 0 amide bonds. The second-order valence-corrected chi connectivity index (χ2v) is 11.8. The molecule has 0 spiro atoms. The number of nitrogens with zero attached hydrogens (tertiary/aromatic N) is 4. The Balaban J connectivity index is 0.00000147. The van der Waals surface area contributed by atoms with Crippen LogP contribution in [0.1, 0.15) is 42.0 Å². The lowest BCUT2D eigenvalue weighted by Crippen LogP contribution is -2.46. The Morgan fingerprint density at radius 1 is 1.17 bits per heavy atom. The molecule has 2 aromatic heterocycles. The third-order valence-electron chi connectivity index (χ3n) is 6.56. The lowest BCUT2D eigenvalue weighted by molar-refractivity contribution is -0.137. The van der Waals surface area contributed by atoms with Gasteiger partial charge in [-0.3, -0.25) is 4.79 Å². The van der Waals surface area contributed by atoms with Gasteiger partial charge in [-0.1, -0.05) is 11.6 Å². The normalized spacial score (nSPS) is 19.3. The van der Waals surface area contributed by atoms with Crippen molar-refractivity contribution in [1.82, 2.24) is 19.9 Å². The van der Waals surface area contributed by atoms with Crippen molar-refractivity contribution in [3.63, 3.8) is 0 Å². The molecule has 1 saturated carbocycles. The second-order valence-electron chi connectivity index (χ2n) is 9.43. The highest BCUT2D eigenvalue weighted by atomic mass is 35.5. The number of benzene rings is 1. The molecule has 1 aliphatic carbocycles. The maximum Gasteiger partial charge on any atom is 0.416 e. The van der Waals surface area contributed by atoms with Crippen LogP contribution >= 0.6 is 11.6 Å². The van der Waals surface area contributed by atoms with Gasteiger partial charge < -0.3 is 14.7 Å². The van der Waals surface area contributed by atoms with Crippen LogP contribution in [0.15, 0.2) is 53.8 Å².